The zero-order chi connectivity index (χ0) is 22.7. The number of thiazole rings is 1. The van der Waals surface area contributed by atoms with E-state index >= 15 is 0 Å². The maximum atomic E-state index is 13.5. The van der Waals surface area contributed by atoms with Crippen LogP contribution in [0.3, 0.4) is 0 Å². The van der Waals surface area contributed by atoms with Crippen LogP contribution in [0.2, 0.25) is 0 Å². The molecular formula is C26H24N2O3S. The zero-order valence-corrected chi connectivity index (χ0v) is 19.3. The molecule has 0 bridgehead atoms. The Balaban J connectivity index is 1.76. The van der Waals surface area contributed by atoms with Gasteiger partial charge in [-0.05, 0) is 60.9 Å². The molecular weight excluding hydrogens is 420 g/mol. The Kier molecular flexibility index (Phi) is 6.23. The van der Waals surface area contributed by atoms with Crippen LogP contribution in [0.25, 0.3) is 16.3 Å². The Labute approximate surface area is 191 Å². The first kappa shape index (κ1) is 21.6. The number of ether oxygens (including phenoxy) is 2. The van der Waals surface area contributed by atoms with Crippen LogP contribution < -0.4 is 14.4 Å². The minimum atomic E-state index is -0.170. The molecule has 0 aliphatic carbocycles. The molecule has 0 aliphatic rings. The maximum absolute atomic E-state index is 13.5. The van der Waals surface area contributed by atoms with E-state index < -0.39 is 0 Å². The van der Waals surface area contributed by atoms with E-state index in [9.17, 15) is 4.79 Å². The normalized spacial score (nSPS) is 11.1. The van der Waals surface area contributed by atoms with Gasteiger partial charge in [-0.15, -0.1) is 0 Å². The van der Waals surface area contributed by atoms with Gasteiger partial charge in [-0.1, -0.05) is 47.7 Å². The highest BCUT2D eigenvalue weighted by molar-refractivity contribution is 7.22. The van der Waals surface area contributed by atoms with E-state index in [1.54, 1.807) is 31.3 Å². The van der Waals surface area contributed by atoms with Gasteiger partial charge in [0.1, 0.15) is 0 Å². The standard InChI is InChI=1S/C26H24N2O3S/c1-17-8-7-9-18(2)25(17)28(26-27-20-10-5-6-11-23(20)32-26)24(29)15-13-19-12-14-21(30-3)22(16-19)31-4/h5-16H,1-4H3/b15-13-. The summed E-state index contributed by atoms with van der Waals surface area (Å²) in [5.74, 6) is 1.08. The molecule has 0 fully saturated rings. The lowest BCUT2D eigenvalue weighted by Crippen LogP contribution is -2.25. The summed E-state index contributed by atoms with van der Waals surface area (Å²) in [7, 11) is 3.18. The minimum Gasteiger partial charge on any atom is -0.493 e. The van der Waals surface area contributed by atoms with E-state index in [0.29, 0.717) is 16.6 Å². The number of carbonyl (C=O) groups is 1. The smallest absolute Gasteiger partial charge is 0.257 e. The van der Waals surface area contributed by atoms with Crippen LogP contribution in [-0.2, 0) is 4.79 Å². The largest absolute Gasteiger partial charge is 0.493 e. The van der Waals surface area contributed by atoms with Gasteiger partial charge in [0.15, 0.2) is 16.6 Å². The molecule has 1 aromatic heterocycles. The fraction of sp³-hybridized carbons (Fsp3) is 0.154. The van der Waals surface area contributed by atoms with Crippen LogP contribution >= 0.6 is 11.3 Å². The van der Waals surface area contributed by atoms with Crippen LogP contribution in [0.4, 0.5) is 10.8 Å². The summed E-state index contributed by atoms with van der Waals surface area (Å²) in [6, 6.07) is 19.5. The number of benzene rings is 3. The number of aromatic nitrogens is 1. The summed E-state index contributed by atoms with van der Waals surface area (Å²) in [6.45, 7) is 4.02. The first-order valence-electron chi connectivity index (χ1n) is 10.2. The number of aryl methyl sites for hydroxylation is 2. The molecule has 0 spiro atoms. The van der Waals surface area contributed by atoms with Crippen molar-refractivity contribution in [3.63, 3.8) is 0 Å². The van der Waals surface area contributed by atoms with Crippen molar-refractivity contribution < 1.29 is 14.3 Å². The Morgan fingerprint density at radius 2 is 1.66 bits per heavy atom. The van der Waals surface area contributed by atoms with E-state index in [0.717, 1.165) is 32.6 Å². The molecule has 32 heavy (non-hydrogen) atoms. The average molecular weight is 445 g/mol. The molecule has 0 saturated heterocycles. The van der Waals surface area contributed by atoms with E-state index in [2.05, 4.69) is 0 Å². The van der Waals surface area contributed by atoms with E-state index in [4.69, 9.17) is 14.5 Å². The highest BCUT2D eigenvalue weighted by atomic mass is 32.1. The van der Waals surface area contributed by atoms with E-state index in [-0.39, 0.29) is 5.91 Å². The molecule has 4 rings (SSSR count). The number of carbonyl (C=O) groups excluding carboxylic acids is 1. The molecule has 0 N–H and O–H groups in total. The van der Waals surface area contributed by atoms with Gasteiger partial charge in [-0.25, -0.2) is 4.98 Å². The van der Waals surface area contributed by atoms with Crippen LogP contribution in [-0.4, -0.2) is 25.1 Å². The van der Waals surface area contributed by atoms with Gasteiger partial charge >= 0.3 is 0 Å². The second kappa shape index (κ2) is 9.24. The zero-order valence-electron chi connectivity index (χ0n) is 18.5. The topological polar surface area (TPSA) is 51.7 Å². The third kappa shape index (κ3) is 4.22. The first-order valence-corrected chi connectivity index (χ1v) is 11.0. The molecule has 0 aliphatic heterocycles. The number of fused-ring (bicyclic) bond motifs is 1. The number of nitrogens with zero attached hydrogens (tertiary/aromatic N) is 2. The number of para-hydroxylation sites is 2. The number of hydrogen-bond acceptors (Lipinski definition) is 5. The third-order valence-electron chi connectivity index (χ3n) is 5.18. The van der Waals surface area contributed by atoms with Gasteiger partial charge in [0.05, 0.1) is 30.1 Å². The summed E-state index contributed by atoms with van der Waals surface area (Å²) < 4.78 is 11.7. The lowest BCUT2D eigenvalue weighted by molar-refractivity contribution is -0.113. The number of methoxy groups -OCH3 is 2. The van der Waals surface area contributed by atoms with Crippen LogP contribution in [0, 0.1) is 13.8 Å². The molecule has 4 aromatic rings. The van der Waals surface area contributed by atoms with Crippen LogP contribution in [0.1, 0.15) is 16.7 Å². The van der Waals surface area contributed by atoms with Crippen molar-refractivity contribution in [3.8, 4) is 11.5 Å². The van der Waals surface area contributed by atoms with Crippen molar-refractivity contribution in [3.05, 3.63) is 83.4 Å². The molecule has 162 valence electrons. The highest BCUT2D eigenvalue weighted by Gasteiger charge is 2.23. The molecule has 3 aromatic carbocycles. The number of hydrogen-bond donors (Lipinski definition) is 0. The van der Waals surface area contributed by atoms with Gasteiger partial charge in [0.25, 0.3) is 5.91 Å². The predicted molar refractivity (Wildman–Crippen MR) is 131 cm³/mol. The van der Waals surface area contributed by atoms with Gasteiger partial charge in [0.2, 0.25) is 0 Å². The fourth-order valence-corrected chi connectivity index (χ4v) is 4.59. The fourth-order valence-electron chi connectivity index (χ4n) is 3.61. The summed E-state index contributed by atoms with van der Waals surface area (Å²) >= 11 is 1.50. The van der Waals surface area contributed by atoms with Crippen molar-refractivity contribution >= 4 is 44.4 Å². The molecule has 1 heterocycles. The van der Waals surface area contributed by atoms with Crippen molar-refractivity contribution in [1.82, 2.24) is 4.98 Å². The summed E-state index contributed by atoms with van der Waals surface area (Å²) in [5.41, 5.74) is 4.59. The maximum Gasteiger partial charge on any atom is 0.257 e. The Hall–Kier alpha value is -3.64. The van der Waals surface area contributed by atoms with Crippen molar-refractivity contribution in [2.75, 3.05) is 19.1 Å². The van der Waals surface area contributed by atoms with E-state index in [1.165, 1.54) is 11.3 Å². The average Bonchev–Trinajstić information content (AvgIpc) is 3.23. The number of amides is 1. The third-order valence-corrected chi connectivity index (χ3v) is 6.20. The Morgan fingerprint density at radius 1 is 0.938 bits per heavy atom. The lowest BCUT2D eigenvalue weighted by atomic mass is 10.1. The molecule has 5 nitrogen and oxygen atoms in total. The molecule has 0 atom stereocenters. The van der Waals surface area contributed by atoms with Crippen molar-refractivity contribution in [1.29, 1.82) is 0 Å². The summed E-state index contributed by atoms with van der Waals surface area (Å²) in [5, 5.41) is 0.644. The monoisotopic (exact) mass is 444 g/mol. The van der Waals surface area contributed by atoms with Gasteiger partial charge in [-0.3, -0.25) is 9.69 Å². The SMILES string of the molecule is COc1ccc(/C=C\C(=O)N(c2nc3ccccc3s2)c2c(C)cccc2C)cc1OC. The van der Waals surface area contributed by atoms with Gasteiger partial charge in [-0.2, -0.15) is 0 Å². The molecule has 0 saturated carbocycles. The Morgan fingerprint density at radius 3 is 2.34 bits per heavy atom. The summed E-state index contributed by atoms with van der Waals surface area (Å²) in [6.07, 6.45) is 3.34. The lowest BCUT2D eigenvalue weighted by Gasteiger charge is -2.22. The number of anilines is 2. The molecule has 0 radical (unpaired) electrons. The summed E-state index contributed by atoms with van der Waals surface area (Å²) in [4.78, 5) is 20.0. The second-order valence-corrected chi connectivity index (χ2v) is 8.34. The minimum absolute atomic E-state index is 0.170. The van der Waals surface area contributed by atoms with E-state index in [1.807, 2.05) is 74.5 Å². The second-order valence-electron chi connectivity index (χ2n) is 7.33. The number of rotatable bonds is 6. The molecule has 1 amide bonds. The molecule has 6 heteroatoms. The quantitative estimate of drug-likeness (QED) is 0.327. The predicted octanol–water partition coefficient (Wildman–Crippen LogP) is 6.31. The van der Waals surface area contributed by atoms with Crippen LogP contribution in [0.15, 0.2) is 66.7 Å². The first-order chi connectivity index (χ1) is 15.5. The Bertz CT molecular complexity index is 1260. The highest BCUT2D eigenvalue weighted by Crippen LogP contribution is 2.37. The molecule has 0 unspecified atom stereocenters. The van der Waals surface area contributed by atoms with Gasteiger partial charge in [0, 0.05) is 6.08 Å². The van der Waals surface area contributed by atoms with Gasteiger partial charge < -0.3 is 9.47 Å². The van der Waals surface area contributed by atoms with Crippen molar-refractivity contribution in [2.45, 2.75) is 13.8 Å². The van der Waals surface area contributed by atoms with Crippen molar-refractivity contribution in [2.24, 2.45) is 0 Å². The van der Waals surface area contributed by atoms with Crippen LogP contribution in [0.5, 0.6) is 11.5 Å².